The van der Waals surface area contributed by atoms with E-state index in [2.05, 4.69) is 35.7 Å². The summed E-state index contributed by atoms with van der Waals surface area (Å²) in [6.45, 7) is 13.4. The van der Waals surface area contributed by atoms with E-state index in [0.29, 0.717) is 90.1 Å². The quantitative estimate of drug-likeness (QED) is 0.129. The molecular formula is C59H83N11O15. The molecule has 0 spiro atoms. The SMILES string of the molecule is C=CCOC(=O)N[C@@H]1C[C@@H](C(=O)N2CCC[C@H]2C(=O)N2CCC[C@H]2C(=O)N2C[C@H](NC(=O)OCC=C)C[C@H]2C(=O)N2CCC[C@H]2C(=O)N2CCC[C@H]2C(C)=O)N(C(=O)[C@@H]2CCCN2C(=O)[C@@H]2CCCN2C(=O)[C@H]2CC[C@H](NC(=O)OCC=C)C2)C1. The van der Waals surface area contributed by atoms with Crippen molar-refractivity contribution in [2.24, 2.45) is 5.92 Å². The van der Waals surface area contributed by atoms with Gasteiger partial charge in [0.1, 0.15) is 62.1 Å². The van der Waals surface area contributed by atoms with Gasteiger partial charge in [-0.05, 0) is 116 Å². The number of Topliss-reactive ketones (excluding diaryl/α,β-unsaturated/α-hetero) is 1. The number of alkyl carbamates (subject to hydrolysis) is 3. The first kappa shape index (κ1) is 62.0. The summed E-state index contributed by atoms with van der Waals surface area (Å²) in [6.07, 6.45) is 8.67. The highest BCUT2D eigenvalue weighted by Gasteiger charge is 2.54. The van der Waals surface area contributed by atoms with Gasteiger partial charge in [-0.3, -0.25) is 43.2 Å². The molecule has 0 bridgehead atoms. The van der Waals surface area contributed by atoms with Crippen LogP contribution in [0.15, 0.2) is 38.0 Å². The summed E-state index contributed by atoms with van der Waals surface area (Å²) in [6, 6.07) is -9.41. The first-order valence-electron chi connectivity index (χ1n) is 30.5. The Hall–Kier alpha value is -7.54. The molecule has 8 aliphatic heterocycles. The summed E-state index contributed by atoms with van der Waals surface area (Å²) < 4.78 is 15.5. The molecule has 1 aliphatic carbocycles. The number of carbonyl (C=O) groups excluding carboxylic acids is 12. The fraction of sp³-hybridized carbons (Fsp3) is 0.695. The van der Waals surface area contributed by atoms with Gasteiger partial charge in [0.05, 0.1) is 18.1 Å². The van der Waals surface area contributed by atoms with Crippen LogP contribution in [0, 0.1) is 5.92 Å². The molecule has 0 aromatic heterocycles. The Balaban J connectivity index is 0.897. The number of nitrogens with zero attached hydrogens (tertiary/aromatic N) is 8. The van der Waals surface area contributed by atoms with E-state index in [0.717, 1.165) is 0 Å². The zero-order chi connectivity index (χ0) is 60.6. The zero-order valence-electron chi connectivity index (χ0n) is 48.8. The van der Waals surface area contributed by atoms with Gasteiger partial charge in [0.15, 0.2) is 5.78 Å². The minimum absolute atomic E-state index is 0.00169. The highest BCUT2D eigenvalue weighted by atomic mass is 16.6. The minimum Gasteiger partial charge on any atom is -0.445 e. The first-order chi connectivity index (χ1) is 40.9. The fourth-order valence-electron chi connectivity index (χ4n) is 14.7. The second kappa shape index (κ2) is 27.7. The molecule has 0 unspecified atom stereocenters. The van der Waals surface area contributed by atoms with Crippen molar-refractivity contribution in [3.63, 3.8) is 0 Å². The van der Waals surface area contributed by atoms with E-state index in [1.54, 1.807) is 9.80 Å². The summed E-state index contributed by atoms with van der Waals surface area (Å²) in [7, 11) is 0. The maximum atomic E-state index is 15.2. The van der Waals surface area contributed by atoms with Crippen molar-refractivity contribution in [3.05, 3.63) is 38.0 Å². The van der Waals surface area contributed by atoms with E-state index in [4.69, 9.17) is 14.2 Å². The van der Waals surface area contributed by atoms with Gasteiger partial charge in [-0.2, -0.15) is 0 Å². The van der Waals surface area contributed by atoms with Crippen molar-refractivity contribution in [3.8, 4) is 0 Å². The lowest BCUT2D eigenvalue weighted by atomic mass is 10.0. The van der Waals surface area contributed by atoms with E-state index in [1.165, 1.54) is 54.6 Å². The molecule has 0 radical (unpaired) electrons. The molecule has 11 amide bonds. The molecule has 0 aromatic rings. The molecule has 9 rings (SSSR count). The Labute approximate surface area is 495 Å². The van der Waals surface area contributed by atoms with Gasteiger partial charge in [0, 0.05) is 64.3 Å². The Morgan fingerprint density at radius 2 is 0.635 bits per heavy atom. The fourth-order valence-corrected chi connectivity index (χ4v) is 14.7. The predicted molar refractivity (Wildman–Crippen MR) is 302 cm³/mol. The van der Waals surface area contributed by atoms with E-state index >= 15 is 19.2 Å². The molecule has 26 nitrogen and oxygen atoms in total. The number of hydrogen-bond acceptors (Lipinski definition) is 15. The molecular weight excluding hydrogens is 1100 g/mol. The number of ether oxygens (including phenoxy) is 3. The lowest BCUT2D eigenvalue weighted by molar-refractivity contribution is -0.155. The summed E-state index contributed by atoms with van der Waals surface area (Å²) in [5, 5.41) is 8.33. The number of likely N-dealkylation sites (tertiary alicyclic amines) is 8. The van der Waals surface area contributed by atoms with Crippen LogP contribution in [0.3, 0.4) is 0 Å². The largest absolute Gasteiger partial charge is 0.445 e. The Morgan fingerprint density at radius 3 is 0.965 bits per heavy atom. The van der Waals surface area contributed by atoms with Gasteiger partial charge < -0.3 is 69.4 Å². The monoisotopic (exact) mass is 1190 g/mol. The van der Waals surface area contributed by atoms with Crippen molar-refractivity contribution < 1.29 is 71.7 Å². The standard InChI is InChI=1S/C59H83N11O15/c1-5-28-83-57(80)60-38-21-20-37(31-38)49(72)64-23-9-15-42(64)51(74)65-24-12-18-45(65)53(76)70-35-40(62-59(82)85-30-7-3)33-48(70)56(79)68-27-11-17-44(68)52(75)66-25-13-19-46(66)54(77)69-34-39(61-58(81)84-29-6-2)32-47(69)55(78)67-26-10-16-43(67)50(73)63-22-8-14-41(63)36(4)71/h5-7,37-48H,1-3,8-35H2,4H3,(H,60,80)(H,61,81)(H,62,82)/t37-,38-,39+,40+,41-,42-,43-,44-,45-,46-,47-,48-/m0/s1. The van der Waals surface area contributed by atoms with Crippen LogP contribution in [0.1, 0.15) is 116 Å². The van der Waals surface area contributed by atoms with Crippen molar-refractivity contribution in [2.75, 3.05) is 72.2 Å². The molecule has 8 saturated heterocycles. The molecule has 8 heterocycles. The van der Waals surface area contributed by atoms with E-state index in [1.807, 2.05) is 0 Å². The lowest BCUT2D eigenvalue weighted by Crippen LogP contribution is -2.59. The highest BCUT2D eigenvalue weighted by Crippen LogP contribution is 2.36. The summed E-state index contributed by atoms with van der Waals surface area (Å²) in [5.74, 6) is -3.99. The van der Waals surface area contributed by atoms with Gasteiger partial charge in [-0.25, -0.2) is 14.4 Å². The summed E-state index contributed by atoms with van der Waals surface area (Å²) in [5.41, 5.74) is 0. The van der Waals surface area contributed by atoms with Crippen LogP contribution in [0.2, 0.25) is 0 Å². The van der Waals surface area contributed by atoms with Gasteiger partial charge in [0.2, 0.25) is 47.3 Å². The Bertz CT molecular complexity index is 2650. The Kier molecular flexibility index (Phi) is 20.2. The van der Waals surface area contributed by atoms with E-state index in [-0.39, 0.29) is 121 Å². The van der Waals surface area contributed by atoms with Crippen molar-refractivity contribution >= 4 is 71.3 Å². The molecule has 464 valence electrons. The number of ketones is 1. The van der Waals surface area contributed by atoms with Crippen molar-refractivity contribution in [2.45, 2.75) is 183 Å². The molecule has 12 atom stereocenters. The van der Waals surface area contributed by atoms with Gasteiger partial charge in [-0.15, -0.1) is 0 Å². The van der Waals surface area contributed by atoms with Crippen LogP contribution in [-0.2, 0) is 57.4 Å². The number of hydrogen-bond donors (Lipinski definition) is 3. The van der Waals surface area contributed by atoms with Gasteiger partial charge >= 0.3 is 18.3 Å². The molecule has 26 heteroatoms. The number of carbonyl (C=O) groups is 12. The highest BCUT2D eigenvalue weighted by molar-refractivity contribution is 6.00. The van der Waals surface area contributed by atoms with Crippen molar-refractivity contribution in [1.82, 2.24) is 55.1 Å². The molecule has 1 saturated carbocycles. The third-order valence-corrected chi connectivity index (χ3v) is 18.6. The first-order valence-corrected chi connectivity index (χ1v) is 30.5. The third-order valence-electron chi connectivity index (χ3n) is 18.6. The van der Waals surface area contributed by atoms with Crippen LogP contribution in [-0.4, -0.2) is 249 Å². The molecule has 85 heavy (non-hydrogen) atoms. The average molecular weight is 1190 g/mol. The van der Waals surface area contributed by atoms with Crippen molar-refractivity contribution in [1.29, 1.82) is 0 Å². The molecule has 3 N–H and O–H groups in total. The normalized spacial score (nSPS) is 29.9. The topological polar surface area (TPSA) is 295 Å². The average Bonchev–Trinajstić information content (AvgIpc) is 3.61. The smallest absolute Gasteiger partial charge is 0.407 e. The molecule has 0 aromatic carbocycles. The predicted octanol–water partition coefficient (Wildman–Crippen LogP) is 1.37. The second-order valence-electron chi connectivity index (χ2n) is 23.9. The lowest BCUT2D eigenvalue weighted by Gasteiger charge is -2.37. The van der Waals surface area contributed by atoms with Crippen LogP contribution in [0.4, 0.5) is 14.4 Å². The van der Waals surface area contributed by atoms with Crippen LogP contribution in [0.25, 0.3) is 0 Å². The Morgan fingerprint density at radius 1 is 0.353 bits per heavy atom. The number of amides is 11. The van der Waals surface area contributed by atoms with Gasteiger partial charge in [0.25, 0.3) is 0 Å². The van der Waals surface area contributed by atoms with Crippen LogP contribution in [0.5, 0.6) is 0 Å². The molecule has 9 fully saturated rings. The minimum atomic E-state index is -1.18. The molecule has 9 aliphatic rings. The maximum Gasteiger partial charge on any atom is 0.407 e. The summed E-state index contributed by atoms with van der Waals surface area (Å²) in [4.78, 5) is 181. The second-order valence-corrected chi connectivity index (χ2v) is 23.9. The van der Waals surface area contributed by atoms with Gasteiger partial charge in [-0.1, -0.05) is 38.0 Å². The third kappa shape index (κ3) is 13.5. The maximum absolute atomic E-state index is 15.2. The van der Waals surface area contributed by atoms with Crippen LogP contribution >= 0.6 is 0 Å². The summed E-state index contributed by atoms with van der Waals surface area (Å²) >= 11 is 0. The zero-order valence-corrected chi connectivity index (χ0v) is 48.8. The van der Waals surface area contributed by atoms with Crippen LogP contribution < -0.4 is 16.0 Å². The number of nitrogens with one attached hydrogen (secondary N) is 3. The number of rotatable bonds is 18. The van der Waals surface area contributed by atoms with E-state index in [9.17, 15) is 38.4 Å². The van der Waals surface area contributed by atoms with E-state index < -0.39 is 114 Å².